The molecule has 0 aromatic carbocycles. The van der Waals surface area contributed by atoms with Crippen molar-refractivity contribution in [3.8, 4) is 11.7 Å². The first kappa shape index (κ1) is 28.9. The van der Waals surface area contributed by atoms with Gasteiger partial charge in [-0.3, -0.25) is 14.2 Å². The SMILES string of the molecule is Cc1nn2cc1SNC(=O)c1ccc(-n3ccc(OCCC4(C(F)(F)F)CC4)n3)nc1N1CC(CCCC2)CC1(C)C. The molecule has 0 radical (unpaired) electrons. The van der Waals surface area contributed by atoms with E-state index in [2.05, 4.69) is 33.7 Å². The summed E-state index contributed by atoms with van der Waals surface area (Å²) in [7, 11) is 0. The zero-order chi connectivity index (χ0) is 29.7. The molecule has 1 atom stereocenters. The van der Waals surface area contributed by atoms with Gasteiger partial charge in [-0.05, 0) is 89.3 Å². The molecule has 1 unspecified atom stereocenters. The topological polar surface area (TPSA) is 90.1 Å². The molecule has 1 N–H and O–H groups in total. The van der Waals surface area contributed by atoms with E-state index < -0.39 is 11.6 Å². The van der Waals surface area contributed by atoms with Crippen LogP contribution in [0.3, 0.4) is 0 Å². The van der Waals surface area contributed by atoms with Gasteiger partial charge in [0.2, 0.25) is 5.88 Å². The van der Waals surface area contributed by atoms with Crippen LogP contribution < -0.4 is 14.4 Å². The third-order valence-corrected chi connectivity index (χ3v) is 9.72. The Morgan fingerprint density at radius 3 is 2.74 bits per heavy atom. The highest BCUT2D eigenvalue weighted by Crippen LogP contribution is 2.59. The van der Waals surface area contributed by atoms with Crippen molar-refractivity contribution in [2.45, 2.75) is 88.9 Å². The van der Waals surface area contributed by atoms with Crippen molar-refractivity contribution in [1.29, 1.82) is 0 Å². The normalized spacial score (nSPS) is 21.7. The summed E-state index contributed by atoms with van der Waals surface area (Å²) in [6.07, 6.45) is 3.85. The maximum atomic E-state index is 13.5. The minimum atomic E-state index is -4.21. The second-order valence-electron chi connectivity index (χ2n) is 12.4. The van der Waals surface area contributed by atoms with Crippen LogP contribution in [0.15, 0.2) is 35.5 Å². The number of aryl methyl sites for hydroxylation is 2. The highest BCUT2D eigenvalue weighted by atomic mass is 32.2. The minimum absolute atomic E-state index is 0.0618. The maximum Gasteiger partial charge on any atom is 0.394 e. The van der Waals surface area contributed by atoms with E-state index in [0.29, 0.717) is 23.1 Å². The van der Waals surface area contributed by atoms with Crippen molar-refractivity contribution in [1.82, 2.24) is 29.3 Å². The number of anilines is 1. The van der Waals surface area contributed by atoms with Gasteiger partial charge in [0.25, 0.3) is 5.91 Å². The van der Waals surface area contributed by atoms with Gasteiger partial charge in [-0.25, -0.2) is 9.67 Å². The standard InChI is InChI=1S/C29H36F3N7O2S/c1-19-22-18-37(34-19)13-5-4-6-20-16-27(2,3)38(17-20)25-21(26(40)36-42-22)7-8-23(33-25)39-14-9-24(35-39)41-15-12-28(10-11-28)29(30,31)32/h7-9,14,18,20H,4-6,10-13,15-17H2,1-3H3,(H,36,40). The van der Waals surface area contributed by atoms with Crippen LogP contribution in [0.25, 0.3) is 5.82 Å². The fourth-order valence-corrected chi connectivity index (χ4v) is 6.84. The van der Waals surface area contributed by atoms with Gasteiger partial charge in [0.05, 0.1) is 28.2 Å². The highest BCUT2D eigenvalue weighted by Gasteiger charge is 2.62. The van der Waals surface area contributed by atoms with Crippen LogP contribution in [0.1, 0.15) is 74.8 Å². The molecule has 1 saturated carbocycles. The Morgan fingerprint density at radius 1 is 1.17 bits per heavy atom. The van der Waals surface area contributed by atoms with Gasteiger partial charge in [-0.15, -0.1) is 5.10 Å². The van der Waals surface area contributed by atoms with Crippen molar-refractivity contribution >= 4 is 23.7 Å². The number of halogens is 3. The predicted octanol–water partition coefficient (Wildman–Crippen LogP) is 6.11. The molecule has 42 heavy (non-hydrogen) atoms. The number of carbonyl (C=O) groups excluding carboxylic acids is 1. The molecule has 3 aromatic rings. The van der Waals surface area contributed by atoms with E-state index in [-0.39, 0.29) is 43.2 Å². The number of fused-ring (bicyclic) bond motifs is 6. The number of hydrogen-bond acceptors (Lipinski definition) is 7. The number of nitrogens with zero attached hydrogens (tertiary/aromatic N) is 6. The Kier molecular flexibility index (Phi) is 7.43. The van der Waals surface area contributed by atoms with Crippen LogP contribution >= 0.6 is 11.9 Å². The molecule has 5 heterocycles. The van der Waals surface area contributed by atoms with Gasteiger partial charge in [0.1, 0.15) is 5.82 Å². The summed E-state index contributed by atoms with van der Waals surface area (Å²) in [6, 6.07) is 5.10. The van der Waals surface area contributed by atoms with E-state index in [4.69, 9.17) is 9.72 Å². The fourth-order valence-electron chi connectivity index (χ4n) is 6.17. The van der Waals surface area contributed by atoms with E-state index in [1.165, 1.54) is 16.6 Å². The average molecular weight is 604 g/mol. The molecule has 2 aliphatic heterocycles. The van der Waals surface area contributed by atoms with Gasteiger partial charge in [-0.2, -0.15) is 18.3 Å². The monoisotopic (exact) mass is 603 g/mol. The number of hydrogen-bond donors (Lipinski definition) is 1. The number of carbonyl (C=O) groups is 1. The number of aromatic nitrogens is 5. The molecular weight excluding hydrogens is 567 g/mol. The van der Waals surface area contributed by atoms with Crippen LogP contribution in [-0.2, 0) is 6.54 Å². The van der Waals surface area contributed by atoms with Crippen molar-refractivity contribution in [2.24, 2.45) is 11.3 Å². The van der Waals surface area contributed by atoms with Crippen molar-refractivity contribution in [3.63, 3.8) is 0 Å². The molecule has 6 rings (SSSR count). The Hall–Kier alpha value is -3.22. The van der Waals surface area contributed by atoms with E-state index >= 15 is 0 Å². The van der Waals surface area contributed by atoms with Crippen LogP contribution in [0, 0.1) is 18.3 Å². The third kappa shape index (κ3) is 5.71. The minimum Gasteiger partial charge on any atom is -0.477 e. The summed E-state index contributed by atoms with van der Waals surface area (Å²) in [4.78, 5) is 21.6. The zero-order valence-electron chi connectivity index (χ0n) is 24.1. The van der Waals surface area contributed by atoms with Crippen LogP contribution in [-0.4, -0.2) is 55.3 Å². The molecule has 226 valence electrons. The molecule has 1 amide bonds. The van der Waals surface area contributed by atoms with E-state index in [1.54, 1.807) is 24.4 Å². The zero-order valence-corrected chi connectivity index (χ0v) is 24.9. The molecule has 3 aliphatic rings. The first-order valence-electron chi connectivity index (χ1n) is 14.5. The van der Waals surface area contributed by atoms with Crippen LogP contribution in [0.5, 0.6) is 5.88 Å². The van der Waals surface area contributed by atoms with Crippen molar-refractivity contribution in [3.05, 3.63) is 41.9 Å². The number of ether oxygens (including phenoxy) is 1. The molecule has 1 saturated heterocycles. The first-order chi connectivity index (χ1) is 19.9. The summed E-state index contributed by atoms with van der Waals surface area (Å²) in [5.41, 5.74) is -0.493. The number of nitrogens with one attached hydrogen (secondary N) is 1. The van der Waals surface area contributed by atoms with E-state index in [0.717, 1.165) is 49.4 Å². The third-order valence-electron chi connectivity index (χ3n) is 8.81. The highest BCUT2D eigenvalue weighted by molar-refractivity contribution is 7.98. The maximum absolute atomic E-state index is 13.5. The number of alkyl halides is 3. The van der Waals surface area contributed by atoms with E-state index in [1.807, 2.05) is 17.8 Å². The lowest BCUT2D eigenvalue weighted by Crippen LogP contribution is -2.40. The Morgan fingerprint density at radius 2 is 1.98 bits per heavy atom. The van der Waals surface area contributed by atoms with Crippen molar-refractivity contribution < 1.29 is 22.7 Å². The molecule has 3 aromatic heterocycles. The summed E-state index contributed by atoms with van der Waals surface area (Å²) < 4.78 is 51.8. The molecule has 9 nitrogen and oxygen atoms in total. The van der Waals surface area contributed by atoms with Crippen molar-refractivity contribution in [2.75, 3.05) is 18.1 Å². The molecule has 0 spiro atoms. The molecule has 1 aliphatic carbocycles. The van der Waals surface area contributed by atoms with Crippen LogP contribution in [0.2, 0.25) is 0 Å². The van der Waals surface area contributed by atoms with E-state index in [9.17, 15) is 18.0 Å². The lowest BCUT2D eigenvalue weighted by Gasteiger charge is -2.34. The van der Waals surface area contributed by atoms with Gasteiger partial charge in [0.15, 0.2) is 5.82 Å². The molecule has 2 fully saturated rings. The number of rotatable bonds is 5. The second-order valence-corrected chi connectivity index (χ2v) is 13.2. The summed E-state index contributed by atoms with van der Waals surface area (Å²) >= 11 is 1.25. The van der Waals surface area contributed by atoms with Crippen LogP contribution in [0.4, 0.5) is 19.0 Å². The Bertz CT molecular complexity index is 1460. The quantitative estimate of drug-likeness (QED) is 0.352. The lowest BCUT2D eigenvalue weighted by molar-refractivity contribution is -0.190. The average Bonchev–Trinajstić information content (AvgIpc) is 3.28. The summed E-state index contributed by atoms with van der Waals surface area (Å²) in [5, 5.41) is 9.03. The fraction of sp³-hybridized carbons (Fsp3) is 0.586. The van der Waals surface area contributed by atoms with Gasteiger partial charge >= 0.3 is 6.18 Å². The summed E-state index contributed by atoms with van der Waals surface area (Å²) in [5.74, 6) is 1.52. The molecule has 13 heteroatoms. The lowest BCUT2D eigenvalue weighted by atomic mass is 9.93. The van der Waals surface area contributed by atoms with Gasteiger partial charge < -0.3 is 9.64 Å². The van der Waals surface area contributed by atoms with Gasteiger partial charge in [0, 0.05) is 37.1 Å². The van der Waals surface area contributed by atoms with Gasteiger partial charge in [-0.1, -0.05) is 6.42 Å². The predicted molar refractivity (Wildman–Crippen MR) is 153 cm³/mol. The molecule has 4 bridgehead atoms. The summed E-state index contributed by atoms with van der Waals surface area (Å²) in [6.45, 7) is 7.87. The first-order valence-corrected chi connectivity index (χ1v) is 15.3. The Labute approximate surface area is 247 Å². The Balaban J connectivity index is 1.26. The number of amides is 1. The number of pyridine rings is 1. The second kappa shape index (κ2) is 10.8. The smallest absolute Gasteiger partial charge is 0.394 e. The molecular formula is C29H36F3N7O2S. The largest absolute Gasteiger partial charge is 0.477 e.